The summed E-state index contributed by atoms with van der Waals surface area (Å²) in [5.41, 5.74) is 0. The average molecular weight is 198 g/mol. The van der Waals surface area contributed by atoms with Crippen LogP contribution < -0.4 is 0 Å². The molecule has 0 saturated heterocycles. The van der Waals surface area contributed by atoms with E-state index in [0.29, 0.717) is 6.61 Å². The van der Waals surface area contributed by atoms with Crippen molar-refractivity contribution in [3.05, 3.63) is 24.5 Å². The van der Waals surface area contributed by atoms with Crippen molar-refractivity contribution >= 4 is 0 Å². The van der Waals surface area contributed by atoms with E-state index in [-0.39, 0.29) is 6.61 Å². The van der Waals surface area contributed by atoms with E-state index in [1.807, 2.05) is 12.2 Å². The van der Waals surface area contributed by atoms with Crippen LogP contribution in [-0.4, -0.2) is 18.3 Å². The van der Waals surface area contributed by atoms with Crippen molar-refractivity contribution in [3.8, 4) is 0 Å². The summed E-state index contributed by atoms with van der Waals surface area (Å²) in [6.07, 6.45) is 13.2. The van der Waals surface area contributed by atoms with Gasteiger partial charge in [0.1, 0.15) is 0 Å². The molecule has 82 valence electrons. The minimum Gasteiger partial charge on any atom is -0.501 e. The Balaban J connectivity index is 3.14. The van der Waals surface area contributed by atoms with Crippen LogP contribution in [0.1, 0.15) is 39.0 Å². The molecule has 0 aliphatic heterocycles. The molecular weight excluding hydrogens is 176 g/mol. The number of rotatable bonds is 9. The van der Waals surface area contributed by atoms with E-state index >= 15 is 0 Å². The van der Waals surface area contributed by atoms with Gasteiger partial charge < -0.3 is 9.84 Å². The molecule has 0 aliphatic rings. The topological polar surface area (TPSA) is 29.5 Å². The zero-order valence-corrected chi connectivity index (χ0v) is 9.11. The van der Waals surface area contributed by atoms with Gasteiger partial charge in [-0.05, 0) is 25.3 Å². The van der Waals surface area contributed by atoms with Gasteiger partial charge >= 0.3 is 0 Å². The summed E-state index contributed by atoms with van der Waals surface area (Å²) in [5, 5.41) is 8.50. The SMILES string of the molecule is CCCCC=CC=COCCCCO. The Kier molecular flexibility index (Phi) is 11.6. The first-order valence-corrected chi connectivity index (χ1v) is 5.46. The lowest BCUT2D eigenvalue weighted by Gasteiger charge is -1.97. The van der Waals surface area contributed by atoms with Crippen molar-refractivity contribution in [3.63, 3.8) is 0 Å². The second-order valence-corrected chi connectivity index (χ2v) is 3.20. The molecule has 0 rings (SSSR count). The molecule has 2 nitrogen and oxygen atoms in total. The van der Waals surface area contributed by atoms with Gasteiger partial charge in [-0.25, -0.2) is 0 Å². The number of hydrogen-bond donors (Lipinski definition) is 1. The number of allylic oxidation sites excluding steroid dienone is 3. The highest BCUT2D eigenvalue weighted by atomic mass is 16.5. The van der Waals surface area contributed by atoms with Gasteiger partial charge in [0.15, 0.2) is 0 Å². The summed E-state index contributed by atoms with van der Waals surface area (Å²) in [5.74, 6) is 0. The van der Waals surface area contributed by atoms with Crippen molar-refractivity contribution in [2.75, 3.05) is 13.2 Å². The second-order valence-electron chi connectivity index (χ2n) is 3.20. The molecule has 0 aromatic rings. The Morgan fingerprint density at radius 1 is 1.14 bits per heavy atom. The third kappa shape index (κ3) is 11.2. The van der Waals surface area contributed by atoms with Gasteiger partial charge in [-0.1, -0.05) is 31.9 Å². The van der Waals surface area contributed by atoms with Crippen LogP contribution in [0.3, 0.4) is 0 Å². The van der Waals surface area contributed by atoms with Crippen molar-refractivity contribution in [1.82, 2.24) is 0 Å². The highest BCUT2D eigenvalue weighted by Gasteiger charge is 1.83. The highest BCUT2D eigenvalue weighted by molar-refractivity contribution is 4.99. The Morgan fingerprint density at radius 2 is 2.00 bits per heavy atom. The van der Waals surface area contributed by atoms with Gasteiger partial charge in [0, 0.05) is 6.61 Å². The molecule has 0 radical (unpaired) electrons. The van der Waals surface area contributed by atoms with E-state index in [0.717, 1.165) is 19.3 Å². The Bertz CT molecular complexity index is 150. The van der Waals surface area contributed by atoms with E-state index in [1.165, 1.54) is 12.8 Å². The van der Waals surface area contributed by atoms with Crippen LogP contribution in [0.2, 0.25) is 0 Å². The quantitative estimate of drug-likeness (QED) is 0.350. The monoisotopic (exact) mass is 198 g/mol. The molecule has 0 saturated carbocycles. The zero-order valence-electron chi connectivity index (χ0n) is 9.11. The molecule has 0 bridgehead atoms. The van der Waals surface area contributed by atoms with E-state index in [4.69, 9.17) is 9.84 Å². The molecule has 0 aromatic carbocycles. The number of hydrogen-bond acceptors (Lipinski definition) is 2. The summed E-state index contributed by atoms with van der Waals surface area (Å²) < 4.78 is 5.20. The first-order valence-electron chi connectivity index (χ1n) is 5.46. The number of aliphatic hydroxyl groups excluding tert-OH is 1. The standard InChI is InChI=1S/C12H22O2/c1-2-3-4-5-6-8-11-14-12-9-7-10-13/h5-6,8,11,13H,2-4,7,9-10,12H2,1H3. The molecule has 0 amide bonds. The molecule has 0 spiro atoms. The fourth-order valence-corrected chi connectivity index (χ4v) is 0.963. The minimum absolute atomic E-state index is 0.254. The fraction of sp³-hybridized carbons (Fsp3) is 0.667. The van der Waals surface area contributed by atoms with Gasteiger partial charge in [0.05, 0.1) is 12.9 Å². The van der Waals surface area contributed by atoms with Gasteiger partial charge in [0.25, 0.3) is 0 Å². The Hall–Kier alpha value is -0.760. The van der Waals surface area contributed by atoms with Crippen molar-refractivity contribution in [2.24, 2.45) is 0 Å². The maximum atomic E-state index is 8.50. The normalized spacial score (nSPS) is 11.6. The van der Waals surface area contributed by atoms with Gasteiger partial charge in [-0.3, -0.25) is 0 Å². The van der Waals surface area contributed by atoms with Gasteiger partial charge in [-0.15, -0.1) is 0 Å². The molecule has 0 fully saturated rings. The van der Waals surface area contributed by atoms with E-state index in [9.17, 15) is 0 Å². The molecule has 14 heavy (non-hydrogen) atoms. The average Bonchev–Trinajstić information content (AvgIpc) is 2.21. The van der Waals surface area contributed by atoms with Crippen LogP contribution >= 0.6 is 0 Å². The maximum absolute atomic E-state index is 8.50. The number of ether oxygens (including phenoxy) is 1. The van der Waals surface area contributed by atoms with Crippen molar-refractivity contribution < 1.29 is 9.84 Å². The summed E-state index contributed by atoms with van der Waals surface area (Å²) in [7, 11) is 0. The summed E-state index contributed by atoms with van der Waals surface area (Å²) in [4.78, 5) is 0. The first-order chi connectivity index (χ1) is 6.91. The Morgan fingerprint density at radius 3 is 2.71 bits per heavy atom. The van der Waals surface area contributed by atoms with Crippen molar-refractivity contribution in [2.45, 2.75) is 39.0 Å². The summed E-state index contributed by atoms with van der Waals surface area (Å²) in [6.45, 7) is 3.14. The Labute approximate surface area is 87.3 Å². The lowest BCUT2D eigenvalue weighted by atomic mass is 10.2. The van der Waals surface area contributed by atoms with Crippen LogP contribution in [-0.2, 0) is 4.74 Å². The number of aliphatic hydroxyl groups is 1. The van der Waals surface area contributed by atoms with Crippen LogP contribution in [0.4, 0.5) is 0 Å². The molecule has 2 heteroatoms. The third-order valence-electron chi connectivity index (χ3n) is 1.82. The molecule has 0 aliphatic carbocycles. The van der Waals surface area contributed by atoms with Crippen molar-refractivity contribution in [1.29, 1.82) is 0 Å². The fourth-order valence-electron chi connectivity index (χ4n) is 0.963. The van der Waals surface area contributed by atoms with E-state index < -0.39 is 0 Å². The van der Waals surface area contributed by atoms with Crippen LogP contribution in [0.25, 0.3) is 0 Å². The van der Waals surface area contributed by atoms with Crippen LogP contribution in [0.15, 0.2) is 24.5 Å². The zero-order chi connectivity index (χ0) is 10.5. The molecular formula is C12H22O2. The predicted molar refractivity (Wildman–Crippen MR) is 60.1 cm³/mol. The predicted octanol–water partition coefficient (Wildman–Crippen LogP) is 3.04. The van der Waals surface area contributed by atoms with Gasteiger partial charge in [-0.2, -0.15) is 0 Å². The summed E-state index contributed by atoms with van der Waals surface area (Å²) >= 11 is 0. The van der Waals surface area contributed by atoms with E-state index in [2.05, 4.69) is 13.0 Å². The molecule has 0 aromatic heterocycles. The minimum atomic E-state index is 0.254. The lowest BCUT2D eigenvalue weighted by Crippen LogP contribution is -1.89. The van der Waals surface area contributed by atoms with E-state index in [1.54, 1.807) is 6.26 Å². The van der Waals surface area contributed by atoms with Crippen LogP contribution in [0, 0.1) is 0 Å². The molecule has 0 atom stereocenters. The highest BCUT2D eigenvalue weighted by Crippen LogP contribution is 1.95. The first kappa shape index (κ1) is 13.2. The van der Waals surface area contributed by atoms with Crippen LogP contribution in [0.5, 0.6) is 0 Å². The maximum Gasteiger partial charge on any atom is 0.0874 e. The van der Waals surface area contributed by atoms with Gasteiger partial charge in [0.2, 0.25) is 0 Å². The molecule has 1 N–H and O–H groups in total. The molecule has 0 heterocycles. The summed E-state index contributed by atoms with van der Waals surface area (Å²) in [6, 6.07) is 0. The second kappa shape index (κ2) is 12.2. The molecule has 0 unspecified atom stereocenters. The third-order valence-corrected chi connectivity index (χ3v) is 1.82. The largest absolute Gasteiger partial charge is 0.501 e. The smallest absolute Gasteiger partial charge is 0.0874 e. The number of unbranched alkanes of at least 4 members (excludes halogenated alkanes) is 3. The lowest BCUT2D eigenvalue weighted by molar-refractivity contribution is 0.219.